The first-order valence-corrected chi connectivity index (χ1v) is 5.85. The van der Waals surface area contributed by atoms with Crippen molar-refractivity contribution in [1.82, 2.24) is 0 Å². The Morgan fingerprint density at radius 3 is 2.53 bits per heavy atom. The topological polar surface area (TPSA) is 46.5 Å². The Morgan fingerprint density at radius 1 is 1.16 bits per heavy atom. The average Bonchev–Trinajstić information content (AvgIpc) is 2.45. The number of hydrogen-bond donors (Lipinski definition) is 1. The summed E-state index contributed by atoms with van der Waals surface area (Å²) in [6.45, 7) is 0. The molecular formula is C16H14O3. The summed E-state index contributed by atoms with van der Waals surface area (Å²) < 4.78 is 5.17. The number of rotatable bonds is 4. The first-order valence-electron chi connectivity index (χ1n) is 5.85. The quantitative estimate of drug-likeness (QED) is 0.850. The third-order valence-corrected chi connectivity index (χ3v) is 2.75. The van der Waals surface area contributed by atoms with Crippen LogP contribution in [0.25, 0.3) is 17.2 Å². The van der Waals surface area contributed by atoms with Gasteiger partial charge in [0.2, 0.25) is 0 Å². The van der Waals surface area contributed by atoms with E-state index >= 15 is 0 Å². The van der Waals surface area contributed by atoms with Gasteiger partial charge < -0.3 is 9.84 Å². The molecule has 96 valence electrons. The minimum absolute atomic E-state index is 0.699. The van der Waals surface area contributed by atoms with Gasteiger partial charge in [-0.25, -0.2) is 4.79 Å². The van der Waals surface area contributed by atoms with Gasteiger partial charge in [-0.2, -0.15) is 0 Å². The fourth-order valence-corrected chi connectivity index (χ4v) is 1.85. The Kier molecular flexibility index (Phi) is 3.98. The summed E-state index contributed by atoms with van der Waals surface area (Å²) in [6.07, 6.45) is 2.70. The second-order valence-corrected chi connectivity index (χ2v) is 3.99. The first kappa shape index (κ1) is 12.9. The summed E-state index contributed by atoms with van der Waals surface area (Å²) in [4.78, 5) is 10.7. The number of carboxylic acids is 1. The average molecular weight is 254 g/mol. The molecule has 0 saturated carbocycles. The summed E-state index contributed by atoms with van der Waals surface area (Å²) in [6, 6.07) is 15.4. The van der Waals surface area contributed by atoms with E-state index in [0.717, 1.165) is 22.8 Å². The molecule has 0 radical (unpaired) electrons. The smallest absolute Gasteiger partial charge is 0.328 e. The largest absolute Gasteiger partial charge is 0.497 e. The van der Waals surface area contributed by atoms with Gasteiger partial charge in [0.15, 0.2) is 0 Å². The molecule has 0 heterocycles. The normalized spacial score (nSPS) is 10.6. The lowest BCUT2D eigenvalue weighted by Gasteiger charge is -2.08. The molecule has 2 aromatic carbocycles. The number of benzene rings is 2. The van der Waals surface area contributed by atoms with E-state index in [1.165, 1.54) is 0 Å². The number of hydrogen-bond acceptors (Lipinski definition) is 2. The molecule has 0 aliphatic carbocycles. The molecule has 0 aromatic heterocycles. The summed E-state index contributed by atoms with van der Waals surface area (Å²) in [7, 11) is 1.59. The number of methoxy groups -OCH3 is 1. The molecule has 0 amide bonds. The van der Waals surface area contributed by atoms with E-state index < -0.39 is 5.97 Å². The van der Waals surface area contributed by atoms with Crippen LogP contribution in [-0.2, 0) is 4.79 Å². The predicted molar refractivity (Wildman–Crippen MR) is 75.1 cm³/mol. The van der Waals surface area contributed by atoms with E-state index in [0.29, 0.717) is 5.75 Å². The Balaban J connectivity index is 2.51. The van der Waals surface area contributed by atoms with Crippen molar-refractivity contribution < 1.29 is 14.6 Å². The fraction of sp³-hybridized carbons (Fsp3) is 0.0625. The molecule has 1 N–H and O–H groups in total. The van der Waals surface area contributed by atoms with Gasteiger partial charge in [-0.05, 0) is 34.9 Å². The van der Waals surface area contributed by atoms with Gasteiger partial charge in [-0.1, -0.05) is 36.4 Å². The minimum atomic E-state index is -0.971. The molecular weight excluding hydrogens is 240 g/mol. The summed E-state index contributed by atoms with van der Waals surface area (Å²) in [5.74, 6) is -0.272. The fourth-order valence-electron chi connectivity index (χ4n) is 1.85. The molecule has 0 aliphatic rings. The highest BCUT2D eigenvalue weighted by atomic mass is 16.5. The minimum Gasteiger partial charge on any atom is -0.497 e. The van der Waals surface area contributed by atoms with Crippen LogP contribution in [0.2, 0.25) is 0 Å². The second kappa shape index (κ2) is 5.87. The van der Waals surface area contributed by atoms with Crippen molar-refractivity contribution >= 4 is 12.0 Å². The number of aliphatic carboxylic acids is 1. The maximum atomic E-state index is 10.7. The SMILES string of the molecule is COc1ccc(-c2ccccc2)c(/C=C/C(=O)O)c1. The van der Waals surface area contributed by atoms with E-state index in [-0.39, 0.29) is 0 Å². The molecule has 0 bridgehead atoms. The second-order valence-electron chi connectivity index (χ2n) is 3.99. The van der Waals surface area contributed by atoms with E-state index in [1.807, 2.05) is 48.5 Å². The Morgan fingerprint density at radius 2 is 1.89 bits per heavy atom. The van der Waals surface area contributed by atoms with Crippen molar-refractivity contribution in [1.29, 1.82) is 0 Å². The maximum absolute atomic E-state index is 10.7. The lowest BCUT2D eigenvalue weighted by Crippen LogP contribution is -1.90. The van der Waals surface area contributed by atoms with Crippen LogP contribution in [0, 0.1) is 0 Å². The van der Waals surface area contributed by atoms with Crippen LogP contribution < -0.4 is 4.74 Å². The zero-order chi connectivity index (χ0) is 13.7. The van der Waals surface area contributed by atoms with Crippen LogP contribution in [0.5, 0.6) is 5.75 Å². The van der Waals surface area contributed by atoms with Crippen LogP contribution >= 0.6 is 0 Å². The van der Waals surface area contributed by atoms with Gasteiger partial charge >= 0.3 is 5.97 Å². The molecule has 0 atom stereocenters. The molecule has 0 aliphatic heterocycles. The van der Waals surface area contributed by atoms with Gasteiger partial charge in [0.05, 0.1) is 7.11 Å². The van der Waals surface area contributed by atoms with Gasteiger partial charge in [-0.15, -0.1) is 0 Å². The van der Waals surface area contributed by atoms with Crippen molar-refractivity contribution in [3.05, 3.63) is 60.2 Å². The Hall–Kier alpha value is -2.55. The predicted octanol–water partition coefficient (Wildman–Crippen LogP) is 3.46. The molecule has 0 spiro atoms. The van der Waals surface area contributed by atoms with Gasteiger partial charge in [0.25, 0.3) is 0 Å². The zero-order valence-corrected chi connectivity index (χ0v) is 10.5. The van der Waals surface area contributed by atoms with Gasteiger partial charge in [0.1, 0.15) is 5.75 Å². The molecule has 0 fully saturated rings. The Bertz CT molecular complexity index is 601. The molecule has 0 saturated heterocycles. The molecule has 2 rings (SSSR count). The summed E-state index contributed by atoms with van der Waals surface area (Å²) >= 11 is 0. The van der Waals surface area contributed by atoms with Gasteiger partial charge in [0, 0.05) is 6.08 Å². The van der Waals surface area contributed by atoms with E-state index in [1.54, 1.807) is 13.2 Å². The molecule has 19 heavy (non-hydrogen) atoms. The van der Waals surface area contributed by atoms with Crippen LogP contribution in [0.15, 0.2) is 54.6 Å². The third kappa shape index (κ3) is 3.22. The Labute approximate surface area is 111 Å². The standard InChI is InChI=1S/C16H14O3/c1-19-14-8-9-15(12-5-3-2-4-6-12)13(11-14)7-10-16(17)18/h2-11H,1H3,(H,17,18)/b10-7+. The van der Waals surface area contributed by atoms with E-state index in [9.17, 15) is 4.79 Å². The monoisotopic (exact) mass is 254 g/mol. The van der Waals surface area contributed by atoms with Crippen LogP contribution in [0.1, 0.15) is 5.56 Å². The zero-order valence-electron chi connectivity index (χ0n) is 10.5. The highest BCUT2D eigenvalue weighted by Crippen LogP contribution is 2.28. The van der Waals surface area contributed by atoms with Crippen molar-refractivity contribution in [2.75, 3.05) is 7.11 Å². The molecule has 3 heteroatoms. The van der Waals surface area contributed by atoms with E-state index in [4.69, 9.17) is 9.84 Å². The van der Waals surface area contributed by atoms with Gasteiger partial charge in [-0.3, -0.25) is 0 Å². The third-order valence-electron chi connectivity index (χ3n) is 2.75. The van der Waals surface area contributed by atoms with Crippen molar-refractivity contribution in [2.45, 2.75) is 0 Å². The number of carboxylic acid groups (broad SMARTS) is 1. The maximum Gasteiger partial charge on any atom is 0.328 e. The number of carbonyl (C=O) groups is 1. The van der Waals surface area contributed by atoms with Crippen LogP contribution in [-0.4, -0.2) is 18.2 Å². The van der Waals surface area contributed by atoms with Crippen molar-refractivity contribution in [3.63, 3.8) is 0 Å². The lowest BCUT2D eigenvalue weighted by molar-refractivity contribution is -0.131. The van der Waals surface area contributed by atoms with Crippen molar-refractivity contribution in [2.24, 2.45) is 0 Å². The van der Waals surface area contributed by atoms with Crippen LogP contribution in [0.3, 0.4) is 0 Å². The van der Waals surface area contributed by atoms with E-state index in [2.05, 4.69) is 0 Å². The highest BCUT2D eigenvalue weighted by Gasteiger charge is 2.04. The summed E-state index contributed by atoms with van der Waals surface area (Å²) in [5.41, 5.74) is 2.82. The van der Waals surface area contributed by atoms with Crippen molar-refractivity contribution in [3.8, 4) is 16.9 Å². The lowest BCUT2D eigenvalue weighted by atomic mass is 9.99. The molecule has 3 nitrogen and oxygen atoms in total. The van der Waals surface area contributed by atoms with Crippen LogP contribution in [0.4, 0.5) is 0 Å². The molecule has 2 aromatic rings. The highest BCUT2D eigenvalue weighted by molar-refractivity contribution is 5.88. The molecule has 0 unspecified atom stereocenters. The summed E-state index contributed by atoms with van der Waals surface area (Å²) in [5, 5.41) is 8.74. The first-order chi connectivity index (χ1) is 9.20. The number of ether oxygens (including phenoxy) is 1.